The van der Waals surface area contributed by atoms with E-state index >= 15 is 0 Å². The Kier molecular flexibility index (Phi) is 3.62. The van der Waals surface area contributed by atoms with Gasteiger partial charge in [-0.25, -0.2) is 0 Å². The van der Waals surface area contributed by atoms with Crippen LogP contribution in [0.1, 0.15) is 11.1 Å². The molecule has 3 N–H and O–H groups in total. The summed E-state index contributed by atoms with van der Waals surface area (Å²) in [6, 6.07) is 7.60. The Morgan fingerprint density at radius 3 is 2.61 bits per heavy atom. The molecule has 2 rings (SSSR count). The number of nitrogens with one attached hydrogen (secondary N) is 1. The third-order valence-corrected chi connectivity index (χ3v) is 2.48. The molecule has 0 spiro atoms. The molecule has 1 heterocycles. The SMILES string of the molecule is Cn1cc(COc2ccc(CC(=N)N)cc2)cn1. The summed E-state index contributed by atoms with van der Waals surface area (Å²) < 4.78 is 7.37. The molecule has 5 nitrogen and oxygen atoms in total. The van der Waals surface area contributed by atoms with Gasteiger partial charge in [0, 0.05) is 25.2 Å². The predicted molar refractivity (Wildman–Crippen MR) is 69.6 cm³/mol. The van der Waals surface area contributed by atoms with Crippen molar-refractivity contribution >= 4 is 5.84 Å². The van der Waals surface area contributed by atoms with E-state index in [9.17, 15) is 0 Å². The van der Waals surface area contributed by atoms with Gasteiger partial charge >= 0.3 is 0 Å². The van der Waals surface area contributed by atoms with Crippen molar-refractivity contribution in [3.8, 4) is 5.75 Å². The average molecular weight is 244 g/mol. The van der Waals surface area contributed by atoms with Crippen molar-refractivity contribution in [3.05, 3.63) is 47.8 Å². The Morgan fingerprint density at radius 2 is 2.06 bits per heavy atom. The highest BCUT2D eigenvalue weighted by Crippen LogP contribution is 2.14. The first kappa shape index (κ1) is 12.2. The van der Waals surface area contributed by atoms with Crippen molar-refractivity contribution in [2.24, 2.45) is 12.8 Å². The van der Waals surface area contributed by atoms with E-state index in [1.165, 1.54) is 0 Å². The molecule has 0 bridgehead atoms. The van der Waals surface area contributed by atoms with Crippen molar-refractivity contribution in [2.75, 3.05) is 0 Å². The van der Waals surface area contributed by atoms with Crippen molar-refractivity contribution in [3.63, 3.8) is 0 Å². The molecule has 0 aliphatic heterocycles. The summed E-state index contributed by atoms with van der Waals surface area (Å²) in [6.45, 7) is 0.500. The van der Waals surface area contributed by atoms with Crippen LogP contribution in [0.15, 0.2) is 36.7 Å². The Labute approximate surface area is 106 Å². The van der Waals surface area contributed by atoms with Crippen LogP contribution in [0, 0.1) is 5.41 Å². The zero-order chi connectivity index (χ0) is 13.0. The first-order valence-corrected chi connectivity index (χ1v) is 5.65. The topological polar surface area (TPSA) is 76.9 Å². The zero-order valence-electron chi connectivity index (χ0n) is 10.3. The van der Waals surface area contributed by atoms with E-state index < -0.39 is 0 Å². The maximum atomic E-state index is 7.22. The van der Waals surface area contributed by atoms with Crippen molar-refractivity contribution < 1.29 is 4.74 Å². The first-order valence-electron chi connectivity index (χ1n) is 5.65. The van der Waals surface area contributed by atoms with Crippen molar-refractivity contribution in [1.29, 1.82) is 5.41 Å². The molecule has 0 aliphatic rings. The highest BCUT2D eigenvalue weighted by atomic mass is 16.5. The normalized spacial score (nSPS) is 10.3. The standard InChI is InChI=1S/C13H16N4O/c1-17-8-11(7-16-17)9-18-12-4-2-10(3-5-12)6-13(14)15/h2-5,7-8H,6,9H2,1H3,(H3,14,15). The number of benzene rings is 1. The van der Waals surface area contributed by atoms with Crippen LogP contribution in [-0.2, 0) is 20.1 Å². The lowest BCUT2D eigenvalue weighted by atomic mass is 10.1. The zero-order valence-corrected chi connectivity index (χ0v) is 10.3. The smallest absolute Gasteiger partial charge is 0.119 e. The summed E-state index contributed by atoms with van der Waals surface area (Å²) in [7, 11) is 1.88. The lowest BCUT2D eigenvalue weighted by Crippen LogP contribution is -2.12. The number of amidine groups is 1. The van der Waals surface area contributed by atoms with Crippen LogP contribution in [0.5, 0.6) is 5.75 Å². The van der Waals surface area contributed by atoms with Gasteiger partial charge in [-0.05, 0) is 17.7 Å². The number of hydrogen-bond donors (Lipinski definition) is 2. The van der Waals surface area contributed by atoms with E-state index in [0.717, 1.165) is 16.9 Å². The van der Waals surface area contributed by atoms with Gasteiger partial charge in [0.15, 0.2) is 0 Å². The van der Waals surface area contributed by atoms with E-state index in [2.05, 4.69) is 5.10 Å². The molecule has 1 aromatic heterocycles. The van der Waals surface area contributed by atoms with Crippen LogP contribution in [0.2, 0.25) is 0 Å². The Bertz CT molecular complexity index is 530. The van der Waals surface area contributed by atoms with Crippen LogP contribution < -0.4 is 10.5 Å². The maximum Gasteiger partial charge on any atom is 0.119 e. The van der Waals surface area contributed by atoms with E-state index in [4.69, 9.17) is 15.9 Å². The van der Waals surface area contributed by atoms with Gasteiger partial charge in [-0.15, -0.1) is 0 Å². The van der Waals surface area contributed by atoms with Crippen molar-refractivity contribution in [1.82, 2.24) is 9.78 Å². The molecular weight excluding hydrogens is 228 g/mol. The third-order valence-electron chi connectivity index (χ3n) is 2.48. The molecular formula is C13H16N4O. The minimum Gasteiger partial charge on any atom is -0.489 e. The largest absolute Gasteiger partial charge is 0.489 e. The summed E-state index contributed by atoms with van der Waals surface area (Å²) in [5.41, 5.74) is 7.39. The minimum absolute atomic E-state index is 0.166. The van der Waals surface area contributed by atoms with Crippen LogP contribution in [0.4, 0.5) is 0 Å². The second-order valence-electron chi connectivity index (χ2n) is 4.16. The van der Waals surface area contributed by atoms with Crippen LogP contribution in [-0.4, -0.2) is 15.6 Å². The fourth-order valence-corrected chi connectivity index (χ4v) is 1.64. The van der Waals surface area contributed by atoms with Gasteiger partial charge in [0.1, 0.15) is 12.4 Å². The van der Waals surface area contributed by atoms with Crippen LogP contribution in [0.25, 0.3) is 0 Å². The molecule has 0 unspecified atom stereocenters. The summed E-state index contributed by atoms with van der Waals surface area (Å²) in [4.78, 5) is 0. The second kappa shape index (κ2) is 5.35. The highest BCUT2D eigenvalue weighted by molar-refractivity contribution is 5.79. The fourth-order valence-electron chi connectivity index (χ4n) is 1.64. The van der Waals surface area contributed by atoms with Gasteiger partial charge < -0.3 is 10.5 Å². The summed E-state index contributed by atoms with van der Waals surface area (Å²) in [5.74, 6) is 0.963. The Hall–Kier alpha value is -2.30. The number of hydrogen-bond acceptors (Lipinski definition) is 3. The molecule has 0 saturated heterocycles. The number of nitrogens with two attached hydrogens (primary N) is 1. The van der Waals surface area contributed by atoms with Gasteiger partial charge in [0.25, 0.3) is 0 Å². The molecule has 0 radical (unpaired) electrons. The molecule has 0 aliphatic carbocycles. The highest BCUT2D eigenvalue weighted by Gasteiger charge is 1.99. The second-order valence-corrected chi connectivity index (χ2v) is 4.16. The van der Waals surface area contributed by atoms with Crippen molar-refractivity contribution in [2.45, 2.75) is 13.0 Å². The molecule has 94 valence electrons. The van der Waals surface area contributed by atoms with E-state index in [1.807, 2.05) is 37.5 Å². The molecule has 0 fully saturated rings. The van der Waals surface area contributed by atoms with Crippen LogP contribution in [0.3, 0.4) is 0 Å². The number of ether oxygens (including phenoxy) is 1. The fraction of sp³-hybridized carbons (Fsp3) is 0.231. The first-order chi connectivity index (χ1) is 8.63. The minimum atomic E-state index is 0.166. The third kappa shape index (κ3) is 3.35. The molecule has 0 amide bonds. The molecule has 18 heavy (non-hydrogen) atoms. The monoisotopic (exact) mass is 244 g/mol. The predicted octanol–water partition coefficient (Wildman–Crippen LogP) is 1.48. The molecule has 1 aromatic carbocycles. The number of rotatable bonds is 5. The van der Waals surface area contributed by atoms with Gasteiger partial charge in [-0.1, -0.05) is 12.1 Å². The van der Waals surface area contributed by atoms with Gasteiger partial charge in [0.2, 0.25) is 0 Å². The van der Waals surface area contributed by atoms with E-state index in [-0.39, 0.29) is 5.84 Å². The average Bonchev–Trinajstić information content (AvgIpc) is 2.74. The number of nitrogens with zero attached hydrogens (tertiary/aromatic N) is 2. The summed E-state index contributed by atoms with van der Waals surface area (Å²) >= 11 is 0. The lowest BCUT2D eigenvalue weighted by molar-refractivity contribution is 0.306. The van der Waals surface area contributed by atoms with Crippen LogP contribution >= 0.6 is 0 Å². The summed E-state index contributed by atoms with van der Waals surface area (Å²) in [6.07, 6.45) is 4.18. The lowest BCUT2D eigenvalue weighted by Gasteiger charge is -2.05. The quantitative estimate of drug-likeness (QED) is 0.617. The molecule has 0 saturated carbocycles. The number of aryl methyl sites for hydroxylation is 1. The van der Waals surface area contributed by atoms with E-state index in [0.29, 0.717) is 13.0 Å². The van der Waals surface area contributed by atoms with Gasteiger partial charge in [-0.2, -0.15) is 5.10 Å². The summed E-state index contributed by atoms with van der Waals surface area (Å²) in [5, 5.41) is 11.3. The Balaban J connectivity index is 1.92. The van der Waals surface area contributed by atoms with Gasteiger partial charge in [-0.3, -0.25) is 10.1 Å². The molecule has 0 atom stereocenters. The maximum absolute atomic E-state index is 7.22. The molecule has 5 heteroatoms. The Morgan fingerprint density at radius 1 is 1.33 bits per heavy atom. The van der Waals surface area contributed by atoms with Gasteiger partial charge in [0.05, 0.1) is 12.0 Å². The number of aromatic nitrogens is 2. The molecule has 2 aromatic rings. The van der Waals surface area contributed by atoms with E-state index in [1.54, 1.807) is 10.9 Å².